The molecule has 1 fully saturated rings. The van der Waals surface area contributed by atoms with Gasteiger partial charge in [0.25, 0.3) is 0 Å². The lowest BCUT2D eigenvalue weighted by Crippen LogP contribution is -2.14. The van der Waals surface area contributed by atoms with E-state index in [2.05, 4.69) is 15.9 Å². The first-order valence-corrected chi connectivity index (χ1v) is 6.29. The molecule has 1 nitrogen and oxygen atoms in total. The molecule has 1 aromatic carbocycles. The maximum Gasteiger partial charge on any atom is 0.142 e. The lowest BCUT2D eigenvalue weighted by molar-refractivity contribution is 0.251. The van der Waals surface area contributed by atoms with E-state index < -0.39 is 5.82 Å². The van der Waals surface area contributed by atoms with E-state index in [1.54, 1.807) is 6.07 Å². The van der Waals surface area contributed by atoms with Gasteiger partial charge in [-0.25, -0.2) is 4.39 Å². The molecule has 2 rings (SSSR count). The molecule has 0 atom stereocenters. The topological polar surface area (TPSA) is 9.23 Å². The third kappa shape index (κ3) is 2.64. The Balaban J connectivity index is 1.96. The minimum Gasteiger partial charge on any atom is -0.493 e. The van der Waals surface area contributed by atoms with Crippen molar-refractivity contribution in [3.05, 3.63) is 29.0 Å². The zero-order chi connectivity index (χ0) is 10.9. The molecule has 0 unspecified atom stereocenters. The van der Waals surface area contributed by atoms with E-state index in [9.17, 15) is 4.39 Å². The van der Waals surface area contributed by atoms with Crippen LogP contribution >= 0.6 is 27.5 Å². The van der Waals surface area contributed by atoms with E-state index in [1.807, 2.05) is 0 Å². The Labute approximate surface area is 102 Å². The van der Waals surface area contributed by atoms with Gasteiger partial charge in [-0.1, -0.05) is 27.5 Å². The van der Waals surface area contributed by atoms with E-state index >= 15 is 0 Å². The fourth-order valence-electron chi connectivity index (χ4n) is 1.30. The number of alkyl halides is 1. The van der Waals surface area contributed by atoms with Crippen LogP contribution in [0.3, 0.4) is 0 Å². The molecule has 1 aliphatic carbocycles. The van der Waals surface area contributed by atoms with Crippen LogP contribution in [-0.2, 0) is 0 Å². The molecule has 0 spiro atoms. The van der Waals surface area contributed by atoms with Crippen molar-refractivity contribution in [2.45, 2.75) is 12.8 Å². The van der Waals surface area contributed by atoms with Crippen LogP contribution in [0.2, 0.25) is 5.02 Å². The van der Waals surface area contributed by atoms with Gasteiger partial charge in [-0.3, -0.25) is 0 Å². The number of benzene rings is 1. The Morgan fingerprint density at radius 2 is 2.20 bits per heavy atom. The minimum atomic E-state index is -0.411. The SMILES string of the molecule is Fc1ccc(OCC2(CBr)CC2)cc1Cl. The maximum atomic E-state index is 12.9. The summed E-state index contributed by atoms with van der Waals surface area (Å²) in [7, 11) is 0. The summed E-state index contributed by atoms with van der Waals surface area (Å²) < 4.78 is 18.4. The highest BCUT2D eigenvalue weighted by atomic mass is 79.9. The van der Waals surface area contributed by atoms with Crippen molar-refractivity contribution in [3.8, 4) is 5.75 Å². The fraction of sp³-hybridized carbons (Fsp3) is 0.455. The molecule has 0 radical (unpaired) electrons. The lowest BCUT2D eigenvalue weighted by Gasteiger charge is -2.13. The van der Waals surface area contributed by atoms with Crippen molar-refractivity contribution in [1.82, 2.24) is 0 Å². The molecule has 15 heavy (non-hydrogen) atoms. The summed E-state index contributed by atoms with van der Waals surface area (Å²) in [5, 5.41) is 1.06. The highest BCUT2D eigenvalue weighted by Crippen LogP contribution is 2.47. The molecule has 4 heteroatoms. The average Bonchev–Trinajstić information content (AvgIpc) is 3.01. The van der Waals surface area contributed by atoms with Crippen molar-refractivity contribution in [2.24, 2.45) is 5.41 Å². The smallest absolute Gasteiger partial charge is 0.142 e. The first-order valence-electron chi connectivity index (χ1n) is 4.79. The first kappa shape index (κ1) is 11.2. The summed E-state index contributed by atoms with van der Waals surface area (Å²) in [4.78, 5) is 0. The van der Waals surface area contributed by atoms with Crippen molar-refractivity contribution < 1.29 is 9.13 Å². The van der Waals surface area contributed by atoms with Gasteiger partial charge in [-0.15, -0.1) is 0 Å². The van der Waals surface area contributed by atoms with Gasteiger partial charge < -0.3 is 4.74 Å². The van der Waals surface area contributed by atoms with Gasteiger partial charge in [-0.2, -0.15) is 0 Å². The first-order chi connectivity index (χ1) is 7.15. The third-order valence-corrected chi connectivity index (χ3v) is 4.16. The number of rotatable bonds is 4. The summed E-state index contributed by atoms with van der Waals surface area (Å²) in [6.45, 7) is 0.667. The molecular weight excluding hydrogens is 282 g/mol. The van der Waals surface area contributed by atoms with Crippen LogP contribution in [0, 0.1) is 11.2 Å². The Morgan fingerprint density at radius 1 is 1.47 bits per heavy atom. The quantitative estimate of drug-likeness (QED) is 0.762. The molecule has 0 heterocycles. The summed E-state index contributed by atoms with van der Waals surface area (Å²) in [6.07, 6.45) is 2.38. The zero-order valence-electron chi connectivity index (χ0n) is 8.10. The summed E-state index contributed by atoms with van der Waals surface area (Å²) in [5.41, 5.74) is 0.293. The van der Waals surface area contributed by atoms with Gasteiger partial charge in [0, 0.05) is 16.8 Å². The minimum absolute atomic E-state index is 0.108. The van der Waals surface area contributed by atoms with Crippen LogP contribution in [0.5, 0.6) is 5.75 Å². The van der Waals surface area contributed by atoms with Crippen molar-refractivity contribution in [2.75, 3.05) is 11.9 Å². The normalized spacial score (nSPS) is 17.5. The monoisotopic (exact) mass is 292 g/mol. The molecule has 0 aromatic heterocycles. The van der Waals surface area contributed by atoms with E-state index in [-0.39, 0.29) is 5.02 Å². The molecule has 0 bridgehead atoms. The van der Waals surface area contributed by atoms with Gasteiger partial charge in [0.1, 0.15) is 11.6 Å². The average molecular weight is 294 g/mol. The molecular formula is C11H11BrClFO. The number of hydrogen-bond acceptors (Lipinski definition) is 1. The van der Waals surface area contributed by atoms with Gasteiger partial charge >= 0.3 is 0 Å². The zero-order valence-corrected chi connectivity index (χ0v) is 10.4. The Hall–Kier alpha value is -0.280. The third-order valence-electron chi connectivity index (χ3n) is 2.68. The second kappa shape index (κ2) is 4.30. The van der Waals surface area contributed by atoms with Crippen LogP contribution in [0.15, 0.2) is 18.2 Å². The van der Waals surface area contributed by atoms with Gasteiger partial charge in [0.15, 0.2) is 0 Å². The van der Waals surface area contributed by atoms with E-state index in [4.69, 9.17) is 16.3 Å². The van der Waals surface area contributed by atoms with Crippen LogP contribution < -0.4 is 4.74 Å². The molecule has 0 amide bonds. The van der Waals surface area contributed by atoms with Gasteiger partial charge in [0.2, 0.25) is 0 Å². The molecule has 0 N–H and O–H groups in total. The highest BCUT2D eigenvalue weighted by molar-refractivity contribution is 9.09. The van der Waals surface area contributed by atoms with E-state index in [0.29, 0.717) is 17.8 Å². The van der Waals surface area contributed by atoms with Crippen LogP contribution in [0.25, 0.3) is 0 Å². The van der Waals surface area contributed by atoms with E-state index in [1.165, 1.54) is 25.0 Å². The Kier molecular flexibility index (Phi) is 3.21. The number of hydrogen-bond donors (Lipinski definition) is 0. The molecule has 1 saturated carbocycles. The predicted octanol–water partition coefficient (Wildman–Crippen LogP) is 4.03. The molecule has 0 aliphatic heterocycles. The lowest BCUT2D eigenvalue weighted by atomic mass is 10.2. The van der Waals surface area contributed by atoms with Crippen molar-refractivity contribution >= 4 is 27.5 Å². The predicted molar refractivity (Wildman–Crippen MR) is 62.4 cm³/mol. The molecule has 0 saturated heterocycles. The van der Waals surface area contributed by atoms with Crippen molar-refractivity contribution in [1.29, 1.82) is 0 Å². The number of ether oxygens (including phenoxy) is 1. The van der Waals surface area contributed by atoms with Gasteiger partial charge in [0.05, 0.1) is 11.6 Å². The van der Waals surface area contributed by atoms with Gasteiger partial charge in [-0.05, 0) is 25.0 Å². The van der Waals surface area contributed by atoms with Crippen LogP contribution in [-0.4, -0.2) is 11.9 Å². The van der Waals surface area contributed by atoms with Crippen molar-refractivity contribution in [3.63, 3.8) is 0 Å². The Bertz CT molecular complexity index is 366. The maximum absolute atomic E-state index is 12.9. The molecule has 1 aromatic rings. The summed E-state index contributed by atoms with van der Waals surface area (Å²) >= 11 is 9.12. The largest absolute Gasteiger partial charge is 0.493 e. The number of halogens is 3. The summed E-state index contributed by atoms with van der Waals surface area (Å²) in [5.74, 6) is 0.222. The highest BCUT2D eigenvalue weighted by Gasteiger charge is 2.42. The molecule has 82 valence electrons. The Morgan fingerprint density at radius 3 is 2.73 bits per heavy atom. The van der Waals surface area contributed by atoms with Crippen LogP contribution in [0.4, 0.5) is 4.39 Å². The standard InChI is InChI=1S/C11H11BrClFO/c12-6-11(3-4-11)7-15-8-1-2-10(14)9(13)5-8/h1-2,5H,3-4,6-7H2. The fourth-order valence-corrected chi connectivity index (χ4v) is 2.19. The van der Waals surface area contributed by atoms with E-state index in [0.717, 1.165) is 5.33 Å². The second-order valence-electron chi connectivity index (χ2n) is 4.00. The molecule has 1 aliphatic rings. The summed E-state index contributed by atoms with van der Waals surface area (Å²) in [6, 6.07) is 4.44. The second-order valence-corrected chi connectivity index (χ2v) is 4.97. The van der Waals surface area contributed by atoms with Crippen LogP contribution in [0.1, 0.15) is 12.8 Å².